The lowest BCUT2D eigenvalue weighted by Crippen LogP contribution is -2.15. The van der Waals surface area contributed by atoms with E-state index in [-0.39, 0.29) is 5.91 Å². The molecule has 2 aromatic rings. The van der Waals surface area contributed by atoms with E-state index in [1.807, 2.05) is 24.3 Å². The van der Waals surface area contributed by atoms with Gasteiger partial charge >= 0.3 is 0 Å². The maximum Gasteiger partial charge on any atom is 0.234 e. The summed E-state index contributed by atoms with van der Waals surface area (Å²) in [6, 6.07) is 7.85. The molecule has 0 atom stereocenters. The number of nitrogens with one attached hydrogen (secondary N) is 1. The number of carbonyl (C=O) groups is 1. The number of hydrogen-bond acceptors (Lipinski definition) is 4. The van der Waals surface area contributed by atoms with Crippen LogP contribution in [0.1, 0.15) is 44.5 Å². The molecule has 5 nitrogen and oxygen atoms in total. The van der Waals surface area contributed by atoms with E-state index in [2.05, 4.69) is 49.9 Å². The monoisotopic (exact) mass is 394 g/mol. The van der Waals surface area contributed by atoms with Crippen LogP contribution in [0.5, 0.6) is 0 Å². The number of amides is 1. The molecule has 1 heterocycles. The molecule has 122 valence electrons. The Morgan fingerprint density at radius 3 is 2.65 bits per heavy atom. The van der Waals surface area contributed by atoms with Crippen molar-refractivity contribution in [3.63, 3.8) is 0 Å². The van der Waals surface area contributed by atoms with Crippen molar-refractivity contribution in [2.75, 3.05) is 11.1 Å². The van der Waals surface area contributed by atoms with Crippen molar-refractivity contribution in [1.29, 1.82) is 0 Å². The standard InChI is InChI=1S/C16H19BrN4OS/c1-10(2)21-15(11-3-4-11)19-20-16(21)23-9-14(22)18-13-7-5-12(17)6-8-13/h5-8,10-11H,3-4,9H2,1-2H3,(H,18,22). The minimum Gasteiger partial charge on any atom is -0.325 e. The van der Waals surface area contributed by atoms with Gasteiger partial charge in [-0.15, -0.1) is 10.2 Å². The largest absolute Gasteiger partial charge is 0.325 e. The molecule has 23 heavy (non-hydrogen) atoms. The number of thioether (sulfide) groups is 1. The van der Waals surface area contributed by atoms with Crippen molar-refractivity contribution in [2.24, 2.45) is 0 Å². The smallest absolute Gasteiger partial charge is 0.234 e. The van der Waals surface area contributed by atoms with Gasteiger partial charge in [0.1, 0.15) is 5.82 Å². The van der Waals surface area contributed by atoms with Gasteiger partial charge in [0.05, 0.1) is 5.75 Å². The number of nitrogens with zero attached hydrogens (tertiary/aromatic N) is 3. The van der Waals surface area contributed by atoms with E-state index in [1.54, 1.807) is 0 Å². The lowest BCUT2D eigenvalue weighted by atomic mass is 10.3. The first-order chi connectivity index (χ1) is 11.0. The van der Waals surface area contributed by atoms with Crippen molar-refractivity contribution in [2.45, 2.75) is 43.8 Å². The van der Waals surface area contributed by atoms with E-state index in [9.17, 15) is 4.79 Å². The second-order valence-corrected chi connectivity index (χ2v) is 7.78. The molecule has 1 N–H and O–H groups in total. The van der Waals surface area contributed by atoms with Crippen LogP contribution in [0.15, 0.2) is 33.9 Å². The summed E-state index contributed by atoms with van der Waals surface area (Å²) in [4.78, 5) is 12.1. The van der Waals surface area contributed by atoms with Crippen LogP contribution in [0.4, 0.5) is 5.69 Å². The Labute approximate surface area is 148 Å². The van der Waals surface area contributed by atoms with Gasteiger partial charge in [-0.3, -0.25) is 4.79 Å². The van der Waals surface area contributed by atoms with Crippen molar-refractivity contribution in [3.05, 3.63) is 34.6 Å². The first kappa shape index (κ1) is 16.5. The van der Waals surface area contributed by atoms with Gasteiger partial charge < -0.3 is 9.88 Å². The van der Waals surface area contributed by atoms with Gasteiger partial charge in [0.15, 0.2) is 5.16 Å². The van der Waals surface area contributed by atoms with Crippen molar-refractivity contribution >= 4 is 39.3 Å². The predicted octanol–water partition coefficient (Wildman–Crippen LogP) is 4.23. The SMILES string of the molecule is CC(C)n1c(SCC(=O)Nc2ccc(Br)cc2)nnc1C1CC1. The Morgan fingerprint density at radius 1 is 1.35 bits per heavy atom. The van der Waals surface area contributed by atoms with Gasteiger partial charge in [0, 0.05) is 22.1 Å². The molecule has 0 bridgehead atoms. The quantitative estimate of drug-likeness (QED) is 0.744. The second kappa shape index (κ2) is 7.05. The molecule has 1 aliphatic carbocycles. The fraction of sp³-hybridized carbons (Fsp3) is 0.438. The fourth-order valence-electron chi connectivity index (χ4n) is 2.35. The highest BCUT2D eigenvalue weighted by Gasteiger charge is 2.31. The summed E-state index contributed by atoms with van der Waals surface area (Å²) in [5.41, 5.74) is 0.794. The topological polar surface area (TPSA) is 59.8 Å². The van der Waals surface area contributed by atoms with Gasteiger partial charge in [-0.1, -0.05) is 27.7 Å². The summed E-state index contributed by atoms with van der Waals surface area (Å²) >= 11 is 4.82. The lowest BCUT2D eigenvalue weighted by molar-refractivity contribution is -0.113. The number of rotatable bonds is 6. The summed E-state index contributed by atoms with van der Waals surface area (Å²) in [5.74, 6) is 1.90. The van der Waals surface area contributed by atoms with E-state index < -0.39 is 0 Å². The molecule has 0 radical (unpaired) electrons. The van der Waals surface area contributed by atoms with Crippen LogP contribution in [0.3, 0.4) is 0 Å². The number of anilines is 1. The Balaban J connectivity index is 1.61. The number of aromatic nitrogens is 3. The molecule has 1 saturated carbocycles. The number of benzene rings is 1. The summed E-state index contributed by atoms with van der Waals surface area (Å²) < 4.78 is 3.15. The molecular weight excluding hydrogens is 376 g/mol. The highest BCUT2D eigenvalue weighted by Crippen LogP contribution is 2.41. The summed E-state index contributed by atoms with van der Waals surface area (Å²) in [7, 11) is 0. The van der Waals surface area contributed by atoms with Gasteiger partial charge in [0.2, 0.25) is 5.91 Å². The Hall–Kier alpha value is -1.34. The summed E-state index contributed by atoms with van der Waals surface area (Å²) in [5, 5.41) is 12.3. The molecular formula is C16H19BrN4OS. The van der Waals surface area contributed by atoms with E-state index in [4.69, 9.17) is 0 Å². The zero-order valence-electron chi connectivity index (χ0n) is 13.1. The zero-order chi connectivity index (χ0) is 16.4. The van der Waals surface area contributed by atoms with Crippen molar-refractivity contribution in [3.8, 4) is 0 Å². The average molecular weight is 395 g/mol. The van der Waals surface area contributed by atoms with Gasteiger partial charge in [-0.25, -0.2) is 0 Å². The van der Waals surface area contributed by atoms with Gasteiger partial charge in [-0.05, 0) is 51.0 Å². The minimum atomic E-state index is -0.0383. The molecule has 1 fully saturated rings. The van der Waals surface area contributed by atoms with E-state index in [1.165, 1.54) is 24.6 Å². The molecule has 0 unspecified atom stereocenters. The van der Waals surface area contributed by atoms with Crippen molar-refractivity contribution < 1.29 is 4.79 Å². The molecule has 0 saturated heterocycles. The summed E-state index contributed by atoms with van der Waals surface area (Å²) in [6.07, 6.45) is 2.39. The van der Waals surface area contributed by atoms with Crippen LogP contribution in [0, 0.1) is 0 Å². The highest BCUT2D eigenvalue weighted by atomic mass is 79.9. The van der Waals surface area contributed by atoms with Gasteiger partial charge in [-0.2, -0.15) is 0 Å². The number of hydrogen-bond donors (Lipinski definition) is 1. The lowest BCUT2D eigenvalue weighted by Gasteiger charge is -2.13. The molecule has 0 spiro atoms. The molecule has 0 aliphatic heterocycles. The Bertz CT molecular complexity index is 695. The molecule has 1 aromatic carbocycles. The van der Waals surface area contributed by atoms with Gasteiger partial charge in [0.25, 0.3) is 0 Å². The minimum absolute atomic E-state index is 0.0383. The van der Waals surface area contributed by atoms with Crippen molar-refractivity contribution in [1.82, 2.24) is 14.8 Å². The van der Waals surface area contributed by atoms with Crippen LogP contribution in [-0.4, -0.2) is 26.4 Å². The van der Waals surface area contributed by atoms with Crippen LogP contribution < -0.4 is 5.32 Å². The maximum atomic E-state index is 12.1. The molecule has 1 amide bonds. The van der Waals surface area contributed by atoms with E-state index in [0.717, 1.165) is 21.1 Å². The molecule has 1 aliphatic rings. The Morgan fingerprint density at radius 2 is 2.04 bits per heavy atom. The van der Waals surface area contributed by atoms with Crippen LogP contribution in [-0.2, 0) is 4.79 Å². The zero-order valence-corrected chi connectivity index (χ0v) is 15.5. The van der Waals surface area contributed by atoms with Crippen LogP contribution in [0.2, 0.25) is 0 Å². The highest BCUT2D eigenvalue weighted by molar-refractivity contribution is 9.10. The summed E-state index contributed by atoms with van der Waals surface area (Å²) in [6.45, 7) is 4.25. The third kappa shape index (κ3) is 4.14. The first-order valence-corrected chi connectivity index (χ1v) is 9.45. The third-order valence-corrected chi connectivity index (χ3v) is 5.08. The number of halogens is 1. The van der Waals surface area contributed by atoms with Crippen LogP contribution >= 0.6 is 27.7 Å². The predicted molar refractivity (Wildman–Crippen MR) is 95.9 cm³/mol. The third-order valence-electron chi connectivity index (χ3n) is 3.61. The average Bonchev–Trinajstić information content (AvgIpc) is 3.27. The second-order valence-electron chi connectivity index (χ2n) is 5.92. The Kier molecular flexibility index (Phi) is 5.06. The number of carbonyl (C=O) groups excluding carboxylic acids is 1. The normalized spacial score (nSPS) is 14.3. The molecule has 7 heteroatoms. The van der Waals surface area contributed by atoms with Crippen LogP contribution in [0.25, 0.3) is 0 Å². The van der Waals surface area contributed by atoms with E-state index >= 15 is 0 Å². The van der Waals surface area contributed by atoms with E-state index in [0.29, 0.717) is 17.7 Å². The molecule has 3 rings (SSSR count). The maximum absolute atomic E-state index is 12.1. The molecule has 1 aromatic heterocycles. The fourth-order valence-corrected chi connectivity index (χ4v) is 3.49. The first-order valence-electron chi connectivity index (χ1n) is 7.67.